The van der Waals surface area contributed by atoms with Gasteiger partial charge < -0.3 is 14.8 Å². The maximum atomic E-state index is 13.7. The van der Waals surface area contributed by atoms with Gasteiger partial charge in [0, 0.05) is 72.3 Å². The van der Waals surface area contributed by atoms with Crippen LogP contribution in [0, 0.1) is 5.41 Å². The number of nitrogens with zero attached hydrogens (tertiary/aromatic N) is 3. The first-order valence-electron chi connectivity index (χ1n) is 21.5. The maximum Gasteiger partial charge on any atom is 0.319 e. The van der Waals surface area contributed by atoms with E-state index < -0.39 is 5.41 Å². The lowest BCUT2D eigenvalue weighted by Gasteiger charge is -2.55. The van der Waals surface area contributed by atoms with Crippen LogP contribution in [0.2, 0.25) is 0 Å². The van der Waals surface area contributed by atoms with Crippen molar-refractivity contribution >= 4 is 11.8 Å². The van der Waals surface area contributed by atoms with Crippen LogP contribution in [0.3, 0.4) is 0 Å². The fourth-order valence-electron chi connectivity index (χ4n) is 10.7. The first-order chi connectivity index (χ1) is 24.7. The smallest absolute Gasteiger partial charge is 0.319 e. The van der Waals surface area contributed by atoms with Gasteiger partial charge in [-0.1, -0.05) is 51.7 Å². The summed E-state index contributed by atoms with van der Waals surface area (Å²) in [6.07, 6.45) is 15.6. The number of nitrogens with one attached hydrogen (secondary N) is 1. The Morgan fingerprint density at radius 2 is 1.04 bits per heavy atom. The molecule has 3 fully saturated rings. The number of Topliss-reactive ketones (excluding diaryl/α,β-unsaturated/α-hetero) is 1. The number of rotatable bonds is 15. The minimum absolute atomic E-state index is 0.0386. The topological polar surface area (TPSA) is 74.4 Å². The van der Waals surface area contributed by atoms with Gasteiger partial charge in [-0.05, 0) is 143 Å². The first kappa shape index (κ1) is 48.8. The van der Waals surface area contributed by atoms with Crippen molar-refractivity contribution in [3.05, 3.63) is 12.2 Å². The molecule has 0 spiro atoms. The van der Waals surface area contributed by atoms with Crippen molar-refractivity contribution in [1.82, 2.24) is 20.0 Å². The highest BCUT2D eigenvalue weighted by atomic mass is 16.5. The molecule has 0 amide bonds. The molecule has 0 radical (unpaired) electrons. The van der Waals surface area contributed by atoms with Crippen LogP contribution in [0.4, 0.5) is 0 Å². The van der Waals surface area contributed by atoms with E-state index in [4.69, 9.17) is 9.47 Å². The number of likely N-dealkylation sites (tertiary alicyclic amines) is 3. The number of piperidine rings is 3. The number of carbonyl (C=O) groups excluding carboxylic acids is 2. The summed E-state index contributed by atoms with van der Waals surface area (Å²) >= 11 is 0. The molecular weight excluding hydrogens is 673 g/mol. The summed E-state index contributed by atoms with van der Waals surface area (Å²) in [4.78, 5) is 34.3. The molecule has 0 aromatic carbocycles. The Kier molecular flexibility index (Phi) is 17.1. The van der Waals surface area contributed by atoms with Gasteiger partial charge in [-0.3, -0.25) is 24.3 Å². The minimum atomic E-state index is -1.00. The standard InChI is InChI=1S/C35H64N2O4.C11H24N2/c1-13-15-19-35(27(3)38,20-16-14-2)30(39)41-29-25-33(8,9)37(34(10,11)26-29)22-18-17-21-36-31(4,5)23-28(40-12)24-32(36,6)7;1-10(2)7-9(12-5)8-11(3,4)13(10)6/h17-18,28-29H,13-16,19-26H2,1-12H3;9,12H,7-8H2,1-6H3. The molecule has 3 heterocycles. The van der Waals surface area contributed by atoms with Crippen molar-refractivity contribution in [2.24, 2.45) is 5.41 Å². The quantitative estimate of drug-likeness (QED) is 0.101. The summed E-state index contributed by atoms with van der Waals surface area (Å²) in [5.74, 6) is -0.331. The van der Waals surface area contributed by atoms with E-state index in [1.54, 1.807) is 6.92 Å². The molecule has 3 saturated heterocycles. The van der Waals surface area contributed by atoms with E-state index in [1.807, 2.05) is 7.11 Å². The van der Waals surface area contributed by atoms with E-state index in [9.17, 15) is 9.59 Å². The van der Waals surface area contributed by atoms with E-state index in [1.165, 1.54) is 12.8 Å². The predicted molar refractivity (Wildman–Crippen MR) is 228 cm³/mol. The summed E-state index contributed by atoms with van der Waals surface area (Å²) < 4.78 is 12.0. The molecule has 8 heteroatoms. The molecule has 0 aliphatic carbocycles. The number of methoxy groups -OCH3 is 1. The van der Waals surface area contributed by atoms with Crippen molar-refractivity contribution in [2.45, 2.75) is 232 Å². The van der Waals surface area contributed by atoms with Gasteiger partial charge in [-0.2, -0.15) is 0 Å². The second-order valence-electron chi connectivity index (χ2n) is 21.1. The normalized spacial score (nSPS) is 24.9. The van der Waals surface area contributed by atoms with Crippen molar-refractivity contribution in [3.63, 3.8) is 0 Å². The number of carbonyl (C=O) groups is 2. The molecule has 54 heavy (non-hydrogen) atoms. The van der Waals surface area contributed by atoms with E-state index in [-0.39, 0.29) is 40.0 Å². The minimum Gasteiger partial charge on any atom is -0.461 e. The van der Waals surface area contributed by atoms with E-state index in [0.717, 1.165) is 64.5 Å². The predicted octanol–water partition coefficient (Wildman–Crippen LogP) is 9.59. The Bertz CT molecular complexity index is 1170. The van der Waals surface area contributed by atoms with Gasteiger partial charge in [0.25, 0.3) is 0 Å². The monoisotopic (exact) mass is 761 g/mol. The lowest BCUT2D eigenvalue weighted by molar-refractivity contribution is -0.174. The van der Waals surface area contributed by atoms with Gasteiger partial charge in [-0.25, -0.2) is 0 Å². The van der Waals surface area contributed by atoms with E-state index in [0.29, 0.717) is 36.1 Å². The molecule has 0 unspecified atom stereocenters. The largest absolute Gasteiger partial charge is 0.461 e. The zero-order valence-electron chi connectivity index (χ0n) is 38.8. The number of ketones is 1. The van der Waals surface area contributed by atoms with Crippen LogP contribution in [-0.2, 0) is 19.1 Å². The fraction of sp³-hybridized carbons (Fsp3) is 0.913. The van der Waals surface area contributed by atoms with Crippen LogP contribution in [0.25, 0.3) is 0 Å². The summed E-state index contributed by atoms with van der Waals surface area (Å²) in [5.41, 5.74) is -0.547. The van der Waals surface area contributed by atoms with Gasteiger partial charge >= 0.3 is 5.97 Å². The second-order valence-corrected chi connectivity index (χ2v) is 21.1. The lowest BCUT2D eigenvalue weighted by Crippen LogP contribution is -2.62. The molecule has 0 atom stereocenters. The molecular formula is C46H88N4O4. The highest BCUT2D eigenvalue weighted by Crippen LogP contribution is 2.43. The van der Waals surface area contributed by atoms with Crippen LogP contribution in [0.5, 0.6) is 0 Å². The first-order valence-corrected chi connectivity index (χ1v) is 21.5. The third kappa shape index (κ3) is 12.1. The molecule has 3 aliphatic rings. The number of hydrogen-bond donors (Lipinski definition) is 1. The molecule has 0 saturated carbocycles. The average Bonchev–Trinajstić information content (AvgIpc) is 3.02. The van der Waals surface area contributed by atoms with Crippen LogP contribution in [0.15, 0.2) is 12.2 Å². The van der Waals surface area contributed by atoms with Crippen molar-refractivity contribution < 1.29 is 19.1 Å². The van der Waals surface area contributed by atoms with Crippen molar-refractivity contribution in [3.8, 4) is 0 Å². The summed E-state index contributed by atoms with van der Waals surface area (Å²) in [6.45, 7) is 35.2. The molecule has 0 aromatic heterocycles. The zero-order chi connectivity index (χ0) is 41.6. The molecule has 0 aromatic rings. The molecule has 1 N–H and O–H groups in total. The maximum absolute atomic E-state index is 13.7. The fourth-order valence-corrected chi connectivity index (χ4v) is 10.7. The Hall–Kier alpha value is -1.32. The van der Waals surface area contributed by atoms with Gasteiger partial charge in [-0.15, -0.1) is 0 Å². The third-order valence-corrected chi connectivity index (χ3v) is 13.9. The van der Waals surface area contributed by atoms with Crippen molar-refractivity contribution in [1.29, 1.82) is 0 Å². The van der Waals surface area contributed by atoms with Gasteiger partial charge in [0.05, 0.1) is 6.10 Å². The van der Waals surface area contributed by atoms with Gasteiger partial charge in [0.15, 0.2) is 0 Å². The van der Waals surface area contributed by atoms with Crippen molar-refractivity contribution in [2.75, 3.05) is 34.3 Å². The van der Waals surface area contributed by atoms with E-state index in [2.05, 4.69) is 143 Å². The highest BCUT2D eigenvalue weighted by Gasteiger charge is 2.50. The third-order valence-electron chi connectivity index (χ3n) is 13.9. The van der Waals surface area contributed by atoms with Crippen LogP contribution in [-0.4, -0.2) is 112 Å². The van der Waals surface area contributed by atoms with Gasteiger partial charge in [0.1, 0.15) is 17.3 Å². The van der Waals surface area contributed by atoms with Crippen LogP contribution in [0.1, 0.15) is 181 Å². The molecule has 8 nitrogen and oxygen atoms in total. The second kappa shape index (κ2) is 19.0. The average molecular weight is 761 g/mol. The zero-order valence-corrected chi connectivity index (χ0v) is 38.8. The molecule has 3 rings (SSSR count). The Morgan fingerprint density at radius 3 is 1.35 bits per heavy atom. The summed E-state index contributed by atoms with van der Waals surface area (Å²) in [7, 11) is 6.15. The van der Waals surface area contributed by atoms with E-state index >= 15 is 0 Å². The Labute approximate surface area is 334 Å². The van der Waals surface area contributed by atoms with Crippen LogP contribution < -0.4 is 5.32 Å². The lowest BCUT2D eigenvalue weighted by atomic mass is 9.74. The number of ether oxygens (including phenoxy) is 2. The Balaban J connectivity index is 0.000000650. The summed E-state index contributed by atoms with van der Waals surface area (Å²) in [5, 5.41) is 3.41. The number of esters is 1. The van der Waals surface area contributed by atoms with Crippen LogP contribution >= 0.6 is 0 Å². The Morgan fingerprint density at radius 1 is 0.667 bits per heavy atom. The molecule has 0 bridgehead atoms. The molecule has 316 valence electrons. The highest BCUT2D eigenvalue weighted by molar-refractivity contribution is 6.02. The number of hydrogen-bond acceptors (Lipinski definition) is 8. The van der Waals surface area contributed by atoms with Gasteiger partial charge in [0.2, 0.25) is 0 Å². The SMILES string of the molecule is CCCCC(CCCC)(C(C)=O)C(=O)OC1CC(C)(C)N(CC=CCN2C(C)(C)CC(OC)CC2(C)C)C(C)(C)C1.CNC1CC(C)(C)N(C)C(C)(C)C1. The molecule has 3 aliphatic heterocycles. The number of unbranched alkanes of at least 4 members (excludes halogenated alkanes) is 2. The summed E-state index contributed by atoms with van der Waals surface area (Å²) in [6, 6.07) is 0.668.